The quantitative estimate of drug-likeness (QED) is 0.399. The number of rotatable bonds is 5. The highest BCUT2D eigenvalue weighted by Crippen LogP contribution is 2.19. The van der Waals surface area contributed by atoms with Crippen LogP contribution in [0, 0.1) is 0 Å². The molecule has 0 aliphatic heterocycles. The third-order valence-electron chi connectivity index (χ3n) is 3.76. The average molecular weight is 379 g/mol. The maximum atomic E-state index is 4.88. The van der Waals surface area contributed by atoms with Crippen LogP contribution in [-0.2, 0) is 6.54 Å². The SMILES string of the molecule is C/C(=N/N(Cc1ccccc1)c1ccccc1)c1ccc(Br)cc1. The number of nitrogens with zero attached hydrogens (tertiary/aromatic N) is 2. The smallest absolute Gasteiger partial charge is 0.0666 e. The van der Waals surface area contributed by atoms with Crippen LogP contribution >= 0.6 is 15.9 Å². The summed E-state index contributed by atoms with van der Waals surface area (Å²) in [4.78, 5) is 0. The van der Waals surface area contributed by atoms with Crippen molar-refractivity contribution in [2.75, 3.05) is 5.01 Å². The Morgan fingerprint density at radius 1 is 0.833 bits per heavy atom. The maximum absolute atomic E-state index is 4.88. The van der Waals surface area contributed by atoms with E-state index in [1.165, 1.54) is 5.56 Å². The highest BCUT2D eigenvalue weighted by Gasteiger charge is 2.07. The molecule has 24 heavy (non-hydrogen) atoms. The number of anilines is 1. The first-order valence-corrected chi connectivity index (χ1v) is 8.69. The summed E-state index contributed by atoms with van der Waals surface area (Å²) in [6.07, 6.45) is 0. The van der Waals surface area contributed by atoms with Crippen LogP contribution in [0.1, 0.15) is 18.1 Å². The molecule has 0 aliphatic rings. The second-order valence-corrected chi connectivity index (χ2v) is 6.49. The van der Waals surface area contributed by atoms with Crippen LogP contribution in [-0.4, -0.2) is 5.71 Å². The van der Waals surface area contributed by atoms with Gasteiger partial charge in [-0.1, -0.05) is 76.6 Å². The number of hydrazone groups is 1. The van der Waals surface area contributed by atoms with Gasteiger partial charge in [0.2, 0.25) is 0 Å². The van der Waals surface area contributed by atoms with E-state index in [9.17, 15) is 0 Å². The van der Waals surface area contributed by atoms with Crippen molar-refractivity contribution in [2.24, 2.45) is 5.10 Å². The molecular weight excluding hydrogens is 360 g/mol. The molecule has 0 saturated heterocycles. The number of hydrogen-bond donors (Lipinski definition) is 0. The lowest BCUT2D eigenvalue weighted by atomic mass is 10.1. The van der Waals surface area contributed by atoms with Gasteiger partial charge in [-0.25, -0.2) is 0 Å². The summed E-state index contributed by atoms with van der Waals surface area (Å²) in [6.45, 7) is 2.78. The molecule has 3 aromatic carbocycles. The van der Waals surface area contributed by atoms with Gasteiger partial charge in [-0.2, -0.15) is 5.10 Å². The number of hydrogen-bond acceptors (Lipinski definition) is 2. The average Bonchev–Trinajstić information content (AvgIpc) is 2.63. The van der Waals surface area contributed by atoms with Gasteiger partial charge in [-0.05, 0) is 42.3 Å². The molecule has 0 aliphatic carbocycles. The summed E-state index contributed by atoms with van der Waals surface area (Å²) in [6, 6.07) is 28.9. The largest absolute Gasteiger partial charge is 0.261 e. The lowest BCUT2D eigenvalue weighted by Crippen LogP contribution is -2.18. The summed E-state index contributed by atoms with van der Waals surface area (Å²) in [5.41, 5.74) is 4.42. The molecule has 120 valence electrons. The Hall–Kier alpha value is -2.39. The standard InChI is InChI=1S/C21H19BrN2/c1-17(19-12-14-20(22)15-13-19)23-24(21-10-6-3-7-11-21)16-18-8-4-2-5-9-18/h2-15H,16H2,1H3/b23-17-. The first-order chi connectivity index (χ1) is 11.7. The second-order valence-electron chi connectivity index (χ2n) is 5.57. The molecule has 0 radical (unpaired) electrons. The molecule has 0 spiro atoms. The molecule has 3 aromatic rings. The normalized spacial score (nSPS) is 11.3. The Morgan fingerprint density at radius 3 is 2.04 bits per heavy atom. The molecule has 0 atom stereocenters. The van der Waals surface area contributed by atoms with Gasteiger partial charge >= 0.3 is 0 Å². The van der Waals surface area contributed by atoms with Crippen molar-refractivity contribution >= 4 is 27.3 Å². The van der Waals surface area contributed by atoms with Gasteiger partial charge in [-0.3, -0.25) is 5.01 Å². The van der Waals surface area contributed by atoms with Crippen LogP contribution in [0.4, 0.5) is 5.69 Å². The van der Waals surface area contributed by atoms with Crippen molar-refractivity contribution in [1.29, 1.82) is 0 Å². The van der Waals surface area contributed by atoms with Crippen molar-refractivity contribution in [3.05, 3.63) is 101 Å². The minimum Gasteiger partial charge on any atom is -0.261 e. The van der Waals surface area contributed by atoms with E-state index in [1.807, 2.05) is 48.3 Å². The fraction of sp³-hybridized carbons (Fsp3) is 0.0952. The molecule has 0 bridgehead atoms. The lowest BCUT2D eigenvalue weighted by Gasteiger charge is -2.20. The summed E-state index contributed by atoms with van der Waals surface area (Å²) >= 11 is 3.48. The zero-order chi connectivity index (χ0) is 16.8. The summed E-state index contributed by atoms with van der Waals surface area (Å²) < 4.78 is 1.07. The Balaban J connectivity index is 1.92. The molecule has 0 unspecified atom stereocenters. The van der Waals surface area contributed by atoms with Crippen molar-refractivity contribution in [3.63, 3.8) is 0 Å². The molecule has 3 heteroatoms. The summed E-state index contributed by atoms with van der Waals surface area (Å²) in [5, 5.41) is 6.92. The van der Waals surface area contributed by atoms with Gasteiger partial charge in [0.25, 0.3) is 0 Å². The van der Waals surface area contributed by atoms with Crippen LogP contribution in [0.5, 0.6) is 0 Å². The van der Waals surface area contributed by atoms with E-state index in [2.05, 4.69) is 64.5 Å². The Bertz CT molecular complexity index is 796. The van der Waals surface area contributed by atoms with E-state index < -0.39 is 0 Å². The molecule has 3 rings (SSSR count). The van der Waals surface area contributed by atoms with Gasteiger partial charge in [0.05, 0.1) is 17.9 Å². The van der Waals surface area contributed by atoms with Crippen molar-refractivity contribution in [2.45, 2.75) is 13.5 Å². The number of halogens is 1. The molecule has 0 fully saturated rings. The Kier molecular flexibility index (Phi) is 5.44. The summed E-state index contributed by atoms with van der Waals surface area (Å²) in [5.74, 6) is 0. The van der Waals surface area contributed by atoms with Gasteiger partial charge in [-0.15, -0.1) is 0 Å². The monoisotopic (exact) mass is 378 g/mol. The number of para-hydroxylation sites is 1. The zero-order valence-electron chi connectivity index (χ0n) is 13.6. The van der Waals surface area contributed by atoms with Crippen LogP contribution in [0.25, 0.3) is 0 Å². The molecule has 0 amide bonds. The predicted molar refractivity (Wildman–Crippen MR) is 105 cm³/mol. The minimum atomic E-state index is 0.735. The fourth-order valence-corrected chi connectivity index (χ4v) is 2.74. The molecule has 0 aromatic heterocycles. The highest BCUT2D eigenvalue weighted by molar-refractivity contribution is 9.10. The van der Waals surface area contributed by atoms with E-state index in [4.69, 9.17) is 5.10 Å². The van der Waals surface area contributed by atoms with Gasteiger partial charge in [0, 0.05) is 4.47 Å². The minimum absolute atomic E-state index is 0.735. The number of benzene rings is 3. The van der Waals surface area contributed by atoms with E-state index in [0.717, 1.165) is 28.0 Å². The second kappa shape index (κ2) is 7.93. The van der Waals surface area contributed by atoms with E-state index in [-0.39, 0.29) is 0 Å². The molecule has 0 saturated carbocycles. The Labute approximate surface area is 151 Å². The van der Waals surface area contributed by atoms with Crippen LogP contribution in [0.2, 0.25) is 0 Å². The van der Waals surface area contributed by atoms with Crippen LogP contribution < -0.4 is 5.01 Å². The molecule has 0 N–H and O–H groups in total. The van der Waals surface area contributed by atoms with Crippen LogP contribution in [0.3, 0.4) is 0 Å². The van der Waals surface area contributed by atoms with Crippen LogP contribution in [0.15, 0.2) is 94.5 Å². The topological polar surface area (TPSA) is 15.6 Å². The maximum Gasteiger partial charge on any atom is 0.0666 e. The predicted octanol–water partition coefficient (Wildman–Crippen LogP) is 5.88. The molecule has 2 nitrogen and oxygen atoms in total. The lowest BCUT2D eigenvalue weighted by molar-refractivity contribution is 0.854. The molecular formula is C21H19BrN2. The fourth-order valence-electron chi connectivity index (χ4n) is 2.47. The third kappa shape index (κ3) is 4.33. The van der Waals surface area contributed by atoms with Gasteiger partial charge in [0.1, 0.15) is 0 Å². The van der Waals surface area contributed by atoms with Crippen molar-refractivity contribution < 1.29 is 0 Å². The van der Waals surface area contributed by atoms with E-state index >= 15 is 0 Å². The van der Waals surface area contributed by atoms with Crippen molar-refractivity contribution in [3.8, 4) is 0 Å². The third-order valence-corrected chi connectivity index (χ3v) is 4.29. The van der Waals surface area contributed by atoms with Gasteiger partial charge < -0.3 is 0 Å². The first kappa shape index (κ1) is 16.5. The zero-order valence-corrected chi connectivity index (χ0v) is 15.1. The van der Waals surface area contributed by atoms with E-state index in [1.54, 1.807) is 0 Å². The highest BCUT2D eigenvalue weighted by atomic mass is 79.9. The molecule has 0 heterocycles. The van der Waals surface area contributed by atoms with Crippen molar-refractivity contribution in [1.82, 2.24) is 0 Å². The van der Waals surface area contributed by atoms with Gasteiger partial charge in [0.15, 0.2) is 0 Å². The van der Waals surface area contributed by atoms with E-state index in [0.29, 0.717) is 0 Å². The summed E-state index contributed by atoms with van der Waals surface area (Å²) in [7, 11) is 0. The Morgan fingerprint density at radius 2 is 1.42 bits per heavy atom. The first-order valence-electron chi connectivity index (χ1n) is 7.90.